The summed E-state index contributed by atoms with van der Waals surface area (Å²) in [6, 6.07) is 5.97. The van der Waals surface area contributed by atoms with Gasteiger partial charge in [-0.1, -0.05) is 23.7 Å². The van der Waals surface area contributed by atoms with Crippen LogP contribution in [0.2, 0.25) is 5.02 Å². The van der Waals surface area contributed by atoms with Gasteiger partial charge in [0.1, 0.15) is 11.5 Å². The molecule has 1 aromatic carbocycles. The minimum Gasteiger partial charge on any atom is -0.296 e. The first-order chi connectivity index (χ1) is 7.63. The Kier molecular flexibility index (Phi) is 2.75. The van der Waals surface area contributed by atoms with Crippen LogP contribution < -0.4 is 0 Å². The topological polar surface area (TPSA) is 34.9 Å². The van der Waals surface area contributed by atoms with E-state index in [-0.39, 0.29) is 16.5 Å². The molecule has 0 aliphatic carbocycles. The van der Waals surface area contributed by atoms with E-state index in [4.69, 9.17) is 11.6 Å². The number of aromatic nitrogens is 2. The van der Waals surface area contributed by atoms with Crippen LogP contribution in [-0.4, -0.2) is 16.1 Å². The third-order valence-electron chi connectivity index (χ3n) is 2.22. The van der Waals surface area contributed by atoms with Gasteiger partial charge in [0.05, 0.1) is 10.7 Å². The summed E-state index contributed by atoms with van der Waals surface area (Å²) >= 11 is 5.98. The normalized spacial score (nSPS) is 10.4. The molecular formula is C11H8ClFN2O. The van der Waals surface area contributed by atoms with Gasteiger partial charge in [-0.05, 0) is 12.1 Å². The van der Waals surface area contributed by atoms with Gasteiger partial charge < -0.3 is 0 Å². The van der Waals surface area contributed by atoms with E-state index in [1.54, 1.807) is 19.2 Å². The summed E-state index contributed by atoms with van der Waals surface area (Å²) in [7, 11) is 1.65. The Balaban J connectivity index is 2.64. The second-order valence-electron chi connectivity index (χ2n) is 3.30. The van der Waals surface area contributed by atoms with Crippen molar-refractivity contribution in [2.45, 2.75) is 0 Å². The number of aldehydes is 1. The van der Waals surface area contributed by atoms with E-state index in [9.17, 15) is 9.18 Å². The first-order valence-electron chi connectivity index (χ1n) is 4.57. The predicted molar refractivity (Wildman–Crippen MR) is 59.0 cm³/mol. The lowest BCUT2D eigenvalue weighted by atomic mass is 10.1. The average molecular weight is 239 g/mol. The lowest BCUT2D eigenvalue weighted by Crippen LogP contribution is -1.94. The SMILES string of the molecule is Cn1nc(C=O)c(Cl)c1-c1cccc(F)c1. The Morgan fingerprint density at radius 1 is 1.50 bits per heavy atom. The second-order valence-corrected chi connectivity index (χ2v) is 3.68. The summed E-state index contributed by atoms with van der Waals surface area (Å²) in [4.78, 5) is 10.7. The minimum absolute atomic E-state index is 0.156. The fraction of sp³-hybridized carbons (Fsp3) is 0.0909. The number of hydrogen-bond acceptors (Lipinski definition) is 2. The molecule has 2 rings (SSSR count). The molecule has 16 heavy (non-hydrogen) atoms. The average Bonchev–Trinajstić information content (AvgIpc) is 2.53. The van der Waals surface area contributed by atoms with Crippen molar-refractivity contribution >= 4 is 17.9 Å². The van der Waals surface area contributed by atoms with Gasteiger partial charge in [0, 0.05) is 12.6 Å². The molecule has 1 aromatic heterocycles. The van der Waals surface area contributed by atoms with Crippen LogP contribution in [0.4, 0.5) is 4.39 Å². The van der Waals surface area contributed by atoms with E-state index in [2.05, 4.69) is 5.10 Å². The highest BCUT2D eigenvalue weighted by Crippen LogP contribution is 2.29. The van der Waals surface area contributed by atoms with Crippen molar-refractivity contribution in [2.75, 3.05) is 0 Å². The quantitative estimate of drug-likeness (QED) is 0.754. The Morgan fingerprint density at radius 2 is 2.25 bits per heavy atom. The number of hydrogen-bond donors (Lipinski definition) is 0. The molecule has 82 valence electrons. The summed E-state index contributed by atoms with van der Waals surface area (Å²) in [5.41, 5.74) is 1.28. The van der Waals surface area contributed by atoms with Gasteiger partial charge in [-0.3, -0.25) is 9.48 Å². The van der Waals surface area contributed by atoms with Gasteiger partial charge in [0.25, 0.3) is 0 Å². The number of benzene rings is 1. The van der Waals surface area contributed by atoms with Crippen molar-refractivity contribution in [3.63, 3.8) is 0 Å². The van der Waals surface area contributed by atoms with E-state index in [1.165, 1.54) is 16.8 Å². The summed E-state index contributed by atoms with van der Waals surface area (Å²) < 4.78 is 14.5. The number of aryl methyl sites for hydroxylation is 1. The summed E-state index contributed by atoms with van der Waals surface area (Å²) in [6.45, 7) is 0. The largest absolute Gasteiger partial charge is 0.296 e. The molecule has 0 unspecified atom stereocenters. The Morgan fingerprint density at radius 3 is 2.81 bits per heavy atom. The molecule has 0 bridgehead atoms. The molecule has 0 saturated heterocycles. The Hall–Kier alpha value is -1.68. The van der Waals surface area contributed by atoms with Crippen LogP contribution in [-0.2, 0) is 7.05 Å². The van der Waals surface area contributed by atoms with E-state index in [1.807, 2.05) is 0 Å². The summed E-state index contributed by atoms with van der Waals surface area (Å²) in [5, 5.41) is 4.17. The maximum atomic E-state index is 13.1. The van der Waals surface area contributed by atoms with E-state index >= 15 is 0 Å². The molecule has 2 aromatic rings. The monoisotopic (exact) mass is 238 g/mol. The smallest absolute Gasteiger partial charge is 0.171 e. The fourth-order valence-corrected chi connectivity index (χ4v) is 1.86. The highest BCUT2D eigenvalue weighted by atomic mass is 35.5. The molecule has 0 N–H and O–H groups in total. The molecule has 0 radical (unpaired) electrons. The number of halogens is 2. The van der Waals surface area contributed by atoms with Gasteiger partial charge in [-0.25, -0.2) is 4.39 Å². The van der Waals surface area contributed by atoms with Crippen LogP contribution in [0, 0.1) is 5.82 Å². The lowest BCUT2D eigenvalue weighted by molar-refractivity contribution is 0.111. The van der Waals surface area contributed by atoms with Crippen molar-refractivity contribution in [1.82, 2.24) is 9.78 Å². The zero-order chi connectivity index (χ0) is 11.7. The van der Waals surface area contributed by atoms with Gasteiger partial charge in [-0.2, -0.15) is 5.10 Å². The van der Waals surface area contributed by atoms with Crippen molar-refractivity contribution in [2.24, 2.45) is 7.05 Å². The molecule has 1 heterocycles. The zero-order valence-electron chi connectivity index (χ0n) is 8.45. The third-order valence-corrected chi connectivity index (χ3v) is 2.60. The summed E-state index contributed by atoms with van der Waals surface area (Å²) in [6.07, 6.45) is 0.575. The van der Waals surface area contributed by atoms with Crippen molar-refractivity contribution in [3.8, 4) is 11.3 Å². The zero-order valence-corrected chi connectivity index (χ0v) is 9.20. The van der Waals surface area contributed by atoms with Gasteiger partial charge in [0.15, 0.2) is 6.29 Å². The maximum absolute atomic E-state index is 13.1. The first-order valence-corrected chi connectivity index (χ1v) is 4.95. The Labute approximate surface area is 96.5 Å². The molecule has 0 spiro atoms. The van der Waals surface area contributed by atoms with Gasteiger partial charge in [0.2, 0.25) is 0 Å². The molecule has 0 fully saturated rings. The first kappa shape index (κ1) is 10.8. The second kappa shape index (κ2) is 4.06. The minimum atomic E-state index is -0.359. The van der Waals surface area contributed by atoms with E-state index in [0.717, 1.165) is 0 Å². The fourth-order valence-electron chi connectivity index (χ4n) is 1.54. The molecule has 0 aliphatic heterocycles. The third kappa shape index (κ3) is 1.72. The molecule has 5 heteroatoms. The van der Waals surface area contributed by atoms with Crippen LogP contribution in [0.15, 0.2) is 24.3 Å². The maximum Gasteiger partial charge on any atom is 0.171 e. The van der Waals surface area contributed by atoms with Crippen LogP contribution >= 0.6 is 11.6 Å². The molecule has 0 atom stereocenters. The summed E-state index contributed by atoms with van der Waals surface area (Å²) in [5.74, 6) is -0.359. The highest BCUT2D eigenvalue weighted by molar-refractivity contribution is 6.35. The number of carbonyl (C=O) groups excluding carboxylic acids is 1. The lowest BCUT2D eigenvalue weighted by Gasteiger charge is -2.02. The van der Waals surface area contributed by atoms with Crippen LogP contribution in [0.3, 0.4) is 0 Å². The van der Waals surface area contributed by atoms with Crippen molar-refractivity contribution in [3.05, 3.63) is 40.8 Å². The number of carbonyl (C=O) groups is 1. The Bertz CT molecular complexity index is 551. The number of rotatable bonds is 2. The van der Waals surface area contributed by atoms with E-state index in [0.29, 0.717) is 17.5 Å². The molecule has 0 saturated carbocycles. The molecular weight excluding hydrogens is 231 g/mol. The van der Waals surface area contributed by atoms with Gasteiger partial charge >= 0.3 is 0 Å². The standard InChI is InChI=1S/C11H8ClFN2O/c1-15-11(10(12)9(6-16)14-15)7-3-2-4-8(13)5-7/h2-6H,1H3. The number of nitrogens with zero attached hydrogens (tertiary/aromatic N) is 2. The molecule has 3 nitrogen and oxygen atoms in total. The van der Waals surface area contributed by atoms with Crippen LogP contribution in [0.25, 0.3) is 11.3 Å². The molecule has 0 aliphatic rings. The van der Waals surface area contributed by atoms with Crippen molar-refractivity contribution in [1.29, 1.82) is 0 Å². The highest BCUT2D eigenvalue weighted by Gasteiger charge is 2.15. The molecule has 0 amide bonds. The van der Waals surface area contributed by atoms with Crippen LogP contribution in [0.5, 0.6) is 0 Å². The van der Waals surface area contributed by atoms with Gasteiger partial charge in [-0.15, -0.1) is 0 Å². The van der Waals surface area contributed by atoms with E-state index < -0.39 is 0 Å². The van der Waals surface area contributed by atoms with Crippen LogP contribution in [0.1, 0.15) is 10.5 Å². The van der Waals surface area contributed by atoms with Crippen molar-refractivity contribution < 1.29 is 9.18 Å². The predicted octanol–water partition coefficient (Wildman–Crippen LogP) is 2.69.